The first-order chi connectivity index (χ1) is 9.50. The molecule has 3 unspecified atom stereocenters. The van der Waals surface area contributed by atoms with Gasteiger partial charge in [-0.15, -0.1) is 0 Å². The molecule has 0 aromatic rings. The van der Waals surface area contributed by atoms with Crippen molar-refractivity contribution < 1.29 is 23.1 Å². The van der Waals surface area contributed by atoms with Crippen LogP contribution in [-0.2, 0) is 19.6 Å². The molecule has 6 nitrogen and oxygen atoms in total. The molecule has 1 aliphatic heterocycles. The van der Waals surface area contributed by atoms with E-state index in [1.807, 2.05) is 0 Å². The minimum Gasteiger partial charge on any atom is -0.469 e. The van der Waals surface area contributed by atoms with Crippen LogP contribution in [-0.4, -0.2) is 55.9 Å². The van der Waals surface area contributed by atoms with Crippen molar-refractivity contribution in [2.45, 2.75) is 37.4 Å². The first-order valence-electron chi connectivity index (χ1n) is 7.18. The number of methoxy groups -OCH3 is 1. The second-order valence-electron chi connectivity index (χ2n) is 5.67. The number of aliphatic hydroxyl groups excluding tert-OH is 1. The zero-order valence-corrected chi connectivity index (χ0v) is 12.6. The van der Waals surface area contributed by atoms with Crippen molar-refractivity contribution in [1.82, 2.24) is 4.31 Å². The molecular formula is C13H23NO5S. The van der Waals surface area contributed by atoms with Gasteiger partial charge in [0.25, 0.3) is 0 Å². The highest BCUT2D eigenvalue weighted by Crippen LogP contribution is 2.35. The molecule has 7 heteroatoms. The maximum Gasteiger partial charge on any atom is 0.310 e. The fourth-order valence-corrected chi connectivity index (χ4v) is 5.63. The molecule has 20 heavy (non-hydrogen) atoms. The van der Waals surface area contributed by atoms with E-state index in [1.165, 1.54) is 11.4 Å². The summed E-state index contributed by atoms with van der Waals surface area (Å²) in [6, 6.07) is 0. The summed E-state index contributed by atoms with van der Waals surface area (Å²) in [6.45, 7) is 1.05. The standard InChI is InChI=1S/C13H23NO5S/c1-19-13(16)11-3-2-4-12(11)20(17,18)14-7-5-10(9-14)6-8-15/h10-12,15H,2-9H2,1H3. The summed E-state index contributed by atoms with van der Waals surface area (Å²) in [4.78, 5) is 11.7. The van der Waals surface area contributed by atoms with Gasteiger partial charge in [0.1, 0.15) is 0 Å². The number of esters is 1. The van der Waals surface area contributed by atoms with Gasteiger partial charge in [-0.25, -0.2) is 12.7 Å². The summed E-state index contributed by atoms with van der Waals surface area (Å²) >= 11 is 0. The van der Waals surface area contributed by atoms with Crippen LogP contribution in [0.2, 0.25) is 0 Å². The average molecular weight is 305 g/mol. The number of carbonyl (C=O) groups excluding carboxylic acids is 1. The van der Waals surface area contributed by atoms with Crippen LogP contribution in [0.15, 0.2) is 0 Å². The maximum atomic E-state index is 12.7. The Morgan fingerprint density at radius 2 is 2.10 bits per heavy atom. The summed E-state index contributed by atoms with van der Waals surface area (Å²) in [5, 5.41) is 8.31. The van der Waals surface area contributed by atoms with Crippen LogP contribution in [0, 0.1) is 11.8 Å². The molecule has 0 amide bonds. The number of hydrogen-bond acceptors (Lipinski definition) is 5. The number of rotatable bonds is 5. The summed E-state index contributed by atoms with van der Waals surface area (Å²) in [5.74, 6) is -0.711. The Hall–Kier alpha value is -0.660. The molecule has 2 fully saturated rings. The van der Waals surface area contributed by atoms with Crippen LogP contribution in [0.25, 0.3) is 0 Å². The van der Waals surface area contributed by atoms with Gasteiger partial charge in [0.2, 0.25) is 10.0 Å². The predicted octanol–water partition coefficient (Wildman–Crippen LogP) is 0.362. The van der Waals surface area contributed by atoms with Crippen LogP contribution in [0.1, 0.15) is 32.1 Å². The SMILES string of the molecule is COC(=O)C1CCCC1S(=O)(=O)N1CCC(CCO)C1. The Kier molecular flexibility index (Phi) is 5.04. The number of nitrogens with zero attached hydrogens (tertiary/aromatic N) is 1. The molecule has 1 saturated heterocycles. The van der Waals surface area contributed by atoms with Crippen LogP contribution < -0.4 is 0 Å². The third kappa shape index (κ3) is 2.99. The minimum absolute atomic E-state index is 0.0900. The van der Waals surface area contributed by atoms with E-state index in [4.69, 9.17) is 9.84 Å². The largest absolute Gasteiger partial charge is 0.469 e. The van der Waals surface area contributed by atoms with Gasteiger partial charge in [0.05, 0.1) is 18.3 Å². The molecule has 1 N–H and O–H groups in total. The van der Waals surface area contributed by atoms with Crippen LogP contribution >= 0.6 is 0 Å². The number of sulfonamides is 1. The van der Waals surface area contributed by atoms with Gasteiger partial charge in [-0.3, -0.25) is 4.79 Å². The lowest BCUT2D eigenvalue weighted by Crippen LogP contribution is -2.41. The smallest absolute Gasteiger partial charge is 0.310 e. The van der Waals surface area contributed by atoms with Crippen molar-refractivity contribution >= 4 is 16.0 Å². The zero-order valence-electron chi connectivity index (χ0n) is 11.8. The summed E-state index contributed by atoms with van der Waals surface area (Å²) in [6.07, 6.45) is 3.29. The van der Waals surface area contributed by atoms with Crippen LogP contribution in [0.5, 0.6) is 0 Å². The number of carbonyl (C=O) groups is 1. The number of ether oxygens (including phenoxy) is 1. The molecule has 2 aliphatic rings. The quantitative estimate of drug-likeness (QED) is 0.742. The topological polar surface area (TPSA) is 83.9 Å². The van der Waals surface area contributed by atoms with Gasteiger partial charge in [-0.05, 0) is 31.6 Å². The molecule has 2 rings (SSSR count). The highest BCUT2D eigenvalue weighted by Gasteiger charge is 2.46. The second kappa shape index (κ2) is 6.41. The van der Waals surface area contributed by atoms with Crippen molar-refractivity contribution in [1.29, 1.82) is 0 Å². The molecule has 3 atom stereocenters. The van der Waals surface area contributed by atoms with Gasteiger partial charge in [-0.1, -0.05) is 6.42 Å². The second-order valence-corrected chi connectivity index (χ2v) is 7.82. The van der Waals surface area contributed by atoms with E-state index in [0.717, 1.165) is 12.8 Å². The molecular weight excluding hydrogens is 282 g/mol. The van der Waals surface area contributed by atoms with E-state index < -0.39 is 27.2 Å². The molecule has 1 heterocycles. The highest BCUT2D eigenvalue weighted by molar-refractivity contribution is 7.89. The van der Waals surface area contributed by atoms with Gasteiger partial charge >= 0.3 is 5.97 Å². The Balaban J connectivity index is 2.08. The highest BCUT2D eigenvalue weighted by atomic mass is 32.2. The molecule has 1 saturated carbocycles. The maximum absolute atomic E-state index is 12.7. The number of hydrogen-bond donors (Lipinski definition) is 1. The van der Waals surface area contributed by atoms with Gasteiger partial charge in [0, 0.05) is 19.7 Å². The summed E-state index contributed by atoms with van der Waals surface area (Å²) < 4.78 is 31.6. The van der Waals surface area contributed by atoms with E-state index in [2.05, 4.69) is 0 Å². The van der Waals surface area contributed by atoms with Gasteiger partial charge < -0.3 is 9.84 Å². The average Bonchev–Trinajstić information content (AvgIpc) is 3.07. The lowest BCUT2D eigenvalue weighted by Gasteiger charge is -2.24. The third-order valence-electron chi connectivity index (χ3n) is 4.48. The fraction of sp³-hybridized carbons (Fsp3) is 0.923. The molecule has 0 aromatic heterocycles. The Morgan fingerprint density at radius 3 is 2.75 bits per heavy atom. The van der Waals surface area contributed by atoms with Crippen molar-refractivity contribution in [3.63, 3.8) is 0 Å². The van der Waals surface area contributed by atoms with E-state index in [1.54, 1.807) is 0 Å². The van der Waals surface area contributed by atoms with E-state index in [0.29, 0.717) is 32.4 Å². The van der Waals surface area contributed by atoms with Crippen molar-refractivity contribution in [2.75, 3.05) is 26.8 Å². The Morgan fingerprint density at radius 1 is 1.35 bits per heavy atom. The predicted molar refractivity (Wildman–Crippen MR) is 73.4 cm³/mol. The fourth-order valence-electron chi connectivity index (χ4n) is 3.34. The molecule has 0 aromatic carbocycles. The van der Waals surface area contributed by atoms with E-state index in [-0.39, 0.29) is 12.5 Å². The molecule has 116 valence electrons. The van der Waals surface area contributed by atoms with E-state index in [9.17, 15) is 13.2 Å². The van der Waals surface area contributed by atoms with Gasteiger partial charge in [0.15, 0.2) is 0 Å². The molecule has 0 bridgehead atoms. The normalized spacial score (nSPS) is 31.6. The Bertz CT molecular complexity index is 450. The molecule has 1 aliphatic carbocycles. The monoisotopic (exact) mass is 305 g/mol. The first kappa shape index (κ1) is 15.7. The molecule has 0 radical (unpaired) electrons. The zero-order chi connectivity index (χ0) is 14.8. The van der Waals surface area contributed by atoms with Crippen molar-refractivity contribution in [3.8, 4) is 0 Å². The van der Waals surface area contributed by atoms with Crippen molar-refractivity contribution in [2.24, 2.45) is 11.8 Å². The summed E-state index contributed by atoms with van der Waals surface area (Å²) in [5.41, 5.74) is 0. The van der Waals surface area contributed by atoms with E-state index >= 15 is 0 Å². The first-order valence-corrected chi connectivity index (χ1v) is 8.68. The Labute approximate surface area is 120 Å². The lowest BCUT2D eigenvalue weighted by atomic mass is 10.1. The number of aliphatic hydroxyl groups is 1. The minimum atomic E-state index is -3.44. The van der Waals surface area contributed by atoms with Crippen LogP contribution in [0.3, 0.4) is 0 Å². The van der Waals surface area contributed by atoms with Crippen LogP contribution in [0.4, 0.5) is 0 Å². The lowest BCUT2D eigenvalue weighted by molar-refractivity contribution is -0.145. The summed E-state index contributed by atoms with van der Waals surface area (Å²) in [7, 11) is -2.14. The molecule has 0 spiro atoms. The van der Waals surface area contributed by atoms with Gasteiger partial charge in [-0.2, -0.15) is 0 Å². The van der Waals surface area contributed by atoms with Crippen molar-refractivity contribution in [3.05, 3.63) is 0 Å². The third-order valence-corrected chi connectivity index (χ3v) is 6.87.